The molecular formula is C15H26N2. The van der Waals surface area contributed by atoms with Crippen molar-refractivity contribution in [3.05, 3.63) is 35.9 Å². The topological polar surface area (TPSA) is 15.3 Å². The van der Waals surface area contributed by atoms with Crippen LogP contribution in [0.4, 0.5) is 0 Å². The second-order valence-corrected chi connectivity index (χ2v) is 5.21. The van der Waals surface area contributed by atoms with Crippen molar-refractivity contribution in [3.8, 4) is 0 Å². The normalized spacial score (nSPS) is 13.3. The number of nitrogens with one attached hydrogen (secondary N) is 1. The summed E-state index contributed by atoms with van der Waals surface area (Å²) in [5, 5.41) is 3.56. The zero-order chi connectivity index (χ0) is 12.7. The smallest absolute Gasteiger partial charge is 0.0231 e. The van der Waals surface area contributed by atoms with Gasteiger partial charge in [-0.15, -0.1) is 0 Å². The molecule has 1 atom stereocenters. The predicted octanol–water partition coefficient (Wildman–Crippen LogP) is 2.75. The van der Waals surface area contributed by atoms with E-state index in [4.69, 9.17) is 0 Å². The standard InChI is InChI=1S/C15H26N2/c1-13(2)14(3)16-10-11-17(4)12-15-8-6-5-7-9-15/h5-9,13-14,16H,10-12H2,1-4H3. The first-order valence-electron chi connectivity index (χ1n) is 6.55. The monoisotopic (exact) mass is 234 g/mol. The third kappa shape index (κ3) is 5.85. The highest BCUT2D eigenvalue weighted by Crippen LogP contribution is 2.02. The van der Waals surface area contributed by atoms with E-state index in [-0.39, 0.29) is 0 Å². The van der Waals surface area contributed by atoms with Crippen molar-refractivity contribution < 1.29 is 0 Å². The Morgan fingerprint density at radius 1 is 1.12 bits per heavy atom. The van der Waals surface area contributed by atoms with Crippen LogP contribution in [0, 0.1) is 5.92 Å². The van der Waals surface area contributed by atoms with Crippen LogP contribution in [0.3, 0.4) is 0 Å². The molecule has 1 rings (SSSR count). The number of rotatable bonds is 7. The van der Waals surface area contributed by atoms with E-state index in [0.29, 0.717) is 12.0 Å². The minimum absolute atomic E-state index is 0.597. The Morgan fingerprint density at radius 3 is 2.35 bits per heavy atom. The first-order valence-corrected chi connectivity index (χ1v) is 6.55. The van der Waals surface area contributed by atoms with Crippen molar-refractivity contribution in [3.63, 3.8) is 0 Å². The van der Waals surface area contributed by atoms with Crippen molar-refractivity contribution in [2.24, 2.45) is 5.92 Å². The summed E-state index contributed by atoms with van der Waals surface area (Å²) in [6, 6.07) is 11.2. The van der Waals surface area contributed by atoms with E-state index in [2.05, 4.69) is 68.4 Å². The van der Waals surface area contributed by atoms with Crippen LogP contribution in [0.25, 0.3) is 0 Å². The molecule has 0 aliphatic rings. The quantitative estimate of drug-likeness (QED) is 0.780. The van der Waals surface area contributed by atoms with Gasteiger partial charge in [-0.3, -0.25) is 0 Å². The fraction of sp³-hybridized carbons (Fsp3) is 0.600. The Labute approximate surface area is 106 Å². The van der Waals surface area contributed by atoms with Crippen LogP contribution in [0.2, 0.25) is 0 Å². The van der Waals surface area contributed by atoms with E-state index in [0.717, 1.165) is 19.6 Å². The largest absolute Gasteiger partial charge is 0.313 e. The first kappa shape index (κ1) is 14.2. The van der Waals surface area contributed by atoms with Gasteiger partial charge in [-0.2, -0.15) is 0 Å². The molecule has 0 spiro atoms. The zero-order valence-corrected chi connectivity index (χ0v) is 11.6. The molecule has 1 aromatic rings. The highest BCUT2D eigenvalue weighted by molar-refractivity contribution is 5.14. The summed E-state index contributed by atoms with van der Waals surface area (Å²) in [7, 11) is 2.18. The van der Waals surface area contributed by atoms with E-state index in [9.17, 15) is 0 Å². The maximum atomic E-state index is 3.56. The van der Waals surface area contributed by atoms with Gasteiger partial charge < -0.3 is 10.2 Å². The number of benzene rings is 1. The molecule has 2 nitrogen and oxygen atoms in total. The van der Waals surface area contributed by atoms with Crippen LogP contribution in [0.5, 0.6) is 0 Å². The van der Waals surface area contributed by atoms with Crippen LogP contribution < -0.4 is 5.32 Å². The average Bonchev–Trinajstić information content (AvgIpc) is 2.30. The van der Waals surface area contributed by atoms with Gasteiger partial charge in [-0.1, -0.05) is 44.2 Å². The number of hydrogen-bond donors (Lipinski definition) is 1. The van der Waals surface area contributed by atoms with E-state index in [1.807, 2.05) is 0 Å². The molecule has 0 amide bonds. The van der Waals surface area contributed by atoms with Crippen molar-refractivity contribution in [1.29, 1.82) is 0 Å². The SMILES string of the molecule is CC(C)C(C)NCCN(C)Cc1ccccc1. The van der Waals surface area contributed by atoms with Gasteiger partial charge in [0.25, 0.3) is 0 Å². The molecule has 17 heavy (non-hydrogen) atoms. The van der Waals surface area contributed by atoms with Crippen molar-refractivity contribution in [1.82, 2.24) is 10.2 Å². The van der Waals surface area contributed by atoms with Gasteiger partial charge in [0, 0.05) is 25.7 Å². The van der Waals surface area contributed by atoms with Gasteiger partial charge in [-0.05, 0) is 25.5 Å². The number of nitrogens with zero attached hydrogens (tertiary/aromatic N) is 1. The molecule has 0 fully saturated rings. The van der Waals surface area contributed by atoms with Gasteiger partial charge in [0.15, 0.2) is 0 Å². The summed E-state index contributed by atoms with van der Waals surface area (Å²) in [6.07, 6.45) is 0. The lowest BCUT2D eigenvalue weighted by molar-refractivity contribution is 0.308. The molecule has 0 radical (unpaired) electrons. The highest BCUT2D eigenvalue weighted by atomic mass is 15.1. The fourth-order valence-corrected chi connectivity index (χ4v) is 1.69. The number of hydrogen-bond acceptors (Lipinski definition) is 2. The summed E-state index contributed by atoms with van der Waals surface area (Å²) >= 11 is 0. The Bertz CT molecular complexity index is 295. The number of likely N-dealkylation sites (N-methyl/N-ethyl adjacent to an activating group) is 1. The van der Waals surface area contributed by atoms with Crippen LogP contribution >= 0.6 is 0 Å². The summed E-state index contributed by atoms with van der Waals surface area (Å²) in [5.74, 6) is 0.703. The minimum Gasteiger partial charge on any atom is -0.313 e. The molecule has 1 N–H and O–H groups in total. The first-order chi connectivity index (χ1) is 8.09. The predicted molar refractivity (Wildman–Crippen MR) is 75.1 cm³/mol. The third-order valence-corrected chi connectivity index (χ3v) is 3.26. The molecule has 1 aromatic carbocycles. The summed E-state index contributed by atoms with van der Waals surface area (Å²) in [4.78, 5) is 2.36. The van der Waals surface area contributed by atoms with Gasteiger partial charge in [-0.25, -0.2) is 0 Å². The van der Waals surface area contributed by atoms with Gasteiger partial charge in [0.2, 0.25) is 0 Å². The van der Waals surface area contributed by atoms with Gasteiger partial charge in [0.1, 0.15) is 0 Å². The molecule has 0 heterocycles. The zero-order valence-electron chi connectivity index (χ0n) is 11.6. The third-order valence-electron chi connectivity index (χ3n) is 3.26. The Morgan fingerprint density at radius 2 is 1.76 bits per heavy atom. The molecular weight excluding hydrogens is 208 g/mol. The van der Waals surface area contributed by atoms with Gasteiger partial charge >= 0.3 is 0 Å². The Balaban J connectivity index is 2.20. The summed E-state index contributed by atoms with van der Waals surface area (Å²) in [5.41, 5.74) is 1.38. The van der Waals surface area contributed by atoms with Crippen LogP contribution in [0.1, 0.15) is 26.3 Å². The van der Waals surface area contributed by atoms with Crippen molar-refractivity contribution in [2.75, 3.05) is 20.1 Å². The van der Waals surface area contributed by atoms with Crippen LogP contribution in [-0.2, 0) is 6.54 Å². The lowest BCUT2D eigenvalue weighted by Gasteiger charge is -2.21. The Hall–Kier alpha value is -0.860. The van der Waals surface area contributed by atoms with Crippen LogP contribution in [-0.4, -0.2) is 31.1 Å². The van der Waals surface area contributed by atoms with E-state index < -0.39 is 0 Å². The van der Waals surface area contributed by atoms with Gasteiger partial charge in [0.05, 0.1) is 0 Å². The summed E-state index contributed by atoms with van der Waals surface area (Å²) in [6.45, 7) is 9.94. The Kier molecular flexibility index (Phi) is 6.23. The molecule has 0 saturated heterocycles. The molecule has 96 valence electrons. The second kappa shape index (κ2) is 7.46. The van der Waals surface area contributed by atoms with Crippen molar-refractivity contribution >= 4 is 0 Å². The second-order valence-electron chi connectivity index (χ2n) is 5.21. The molecule has 0 aliphatic carbocycles. The average molecular weight is 234 g/mol. The fourth-order valence-electron chi connectivity index (χ4n) is 1.69. The van der Waals surface area contributed by atoms with Crippen LogP contribution in [0.15, 0.2) is 30.3 Å². The lowest BCUT2D eigenvalue weighted by Crippen LogP contribution is -2.36. The van der Waals surface area contributed by atoms with E-state index >= 15 is 0 Å². The molecule has 1 unspecified atom stereocenters. The van der Waals surface area contributed by atoms with Crippen molar-refractivity contribution in [2.45, 2.75) is 33.4 Å². The molecule has 0 aliphatic heterocycles. The molecule has 0 saturated carbocycles. The summed E-state index contributed by atoms with van der Waals surface area (Å²) < 4.78 is 0. The highest BCUT2D eigenvalue weighted by Gasteiger charge is 2.06. The van der Waals surface area contributed by atoms with E-state index in [1.165, 1.54) is 5.56 Å². The molecule has 2 heteroatoms. The lowest BCUT2D eigenvalue weighted by atomic mass is 10.1. The maximum absolute atomic E-state index is 3.56. The maximum Gasteiger partial charge on any atom is 0.0231 e. The molecule has 0 bridgehead atoms. The van der Waals surface area contributed by atoms with E-state index in [1.54, 1.807) is 0 Å². The minimum atomic E-state index is 0.597. The molecule has 0 aromatic heterocycles.